The maximum atomic E-state index is 13.1. The van der Waals surface area contributed by atoms with Gasteiger partial charge in [0.1, 0.15) is 11.5 Å². The zero-order valence-corrected chi connectivity index (χ0v) is 15.2. The van der Waals surface area contributed by atoms with Crippen LogP contribution in [0.1, 0.15) is 46.0 Å². The van der Waals surface area contributed by atoms with Crippen LogP contribution in [-0.4, -0.2) is 46.1 Å². The van der Waals surface area contributed by atoms with Gasteiger partial charge in [-0.3, -0.25) is 9.59 Å². The summed E-state index contributed by atoms with van der Waals surface area (Å²) in [6.07, 6.45) is 2.62. The molecule has 6 heteroatoms. The molecular formula is C21H22N2O4. The van der Waals surface area contributed by atoms with Crippen molar-refractivity contribution < 1.29 is 19.8 Å². The van der Waals surface area contributed by atoms with Gasteiger partial charge in [0, 0.05) is 36.4 Å². The topological polar surface area (TPSA) is 81.1 Å². The predicted octanol–water partition coefficient (Wildman–Crippen LogP) is 2.93. The highest BCUT2D eigenvalue weighted by atomic mass is 16.3. The lowest BCUT2D eigenvalue weighted by Gasteiger charge is -2.36. The second-order valence-electron chi connectivity index (χ2n) is 7.25. The number of amides is 2. The number of rotatable bonds is 2. The third-order valence-corrected chi connectivity index (χ3v) is 5.43. The van der Waals surface area contributed by atoms with E-state index < -0.39 is 0 Å². The van der Waals surface area contributed by atoms with Crippen LogP contribution < -0.4 is 4.90 Å². The normalized spacial score (nSPS) is 18.6. The Morgan fingerprint density at radius 2 is 1.81 bits per heavy atom. The number of nitrogens with zero attached hydrogens (tertiary/aromatic N) is 2. The Bertz CT molecular complexity index is 920. The number of aryl methyl sites for hydroxylation is 1. The van der Waals surface area contributed by atoms with Gasteiger partial charge < -0.3 is 20.0 Å². The minimum absolute atomic E-state index is 0.0323. The van der Waals surface area contributed by atoms with Crippen LogP contribution in [0.15, 0.2) is 36.4 Å². The number of aromatic hydroxyl groups is 2. The number of phenols is 2. The number of anilines is 1. The molecule has 0 spiro atoms. The highest BCUT2D eigenvalue weighted by Crippen LogP contribution is 2.35. The maximum absolute atomic E-state index is 13.1. The highest BCUT2D eigenvalue weighted by Gasteiger charge is 2.31. The molecule has 1 saturated heterocycles. The van der Waals surface area contributed by atoms with Gasteiger partial charge in [-0.15, -0.1) is 0 Å². The predicted molar refractivity (Wildman–Crippen MR) is 101 cm³/mol. The van der Waals surface area contributed by atoms with E-state index >= 15 is 0 Å². The first-order chi connectivity index (χ1) is 13.0. The number of benzene rings is 2. The molecule has 2 heterocycles. The van der Waals surface area contributed by atoms with E-state index in [-0.39, 0.29) is 34.9 Å². The molecule has 0 saturated carbocycles. The minimum atomic E-state index is -0.317. The fourth-order valence-electron chi connectivity index (χ4n) is 3.73. The fraction of sp³-hybridized carbons (Fsp3) is 0.333. The molecule has 6 nitrogen and oxygen atoms in total. The number of phenolic OH excluding ortho intramolecular Hbond substituents is 2. The van der Waals surface area contributed by atoms with Crippen molar-refractivity contribution in [3.8, 4) is 11.5 Å². The SMILES string of the molecule is CC1CCc2cc(C(=O)N3CCC3)ccc2N1C(=O)c1ccc(O)cc1O. The summed E-state index contributed by atoms with van der Waals surface area (Å²) in [4.78, 5) is 29.1. The summed E-state index contributed by atoms with van der Waals surface area (Å²) in [5.41, 5.74) is 2.54. The van der Waals surface area contributed by atoms with Crippen molar-refractivity contribution >= 4 is 17.5 Å². The van der Waals surface area contributed by atoms with Crippen LogP contribution in [0.4, 0.5) is 5.69 Å². The van der Waals surface area contributed by atoms with Crippen LogP contribution >= 0.6 is 0 Å². The number of carbonyl (C=O) groups is 2. The number of carbonyl (C=O) groups excluding carboxylic acids is 2. The van der Waals surface area contributed by atoms with Crippen LogP contribution in [0.3, 0.4) is 0 Å². The van der Waals surface area contributed by atoms with Crippen molar-refractivity contribution in [1.82, 2.24) is 4.90 Å². The van der Waals surface area contributed by atoms with Crippen molar-refractivity contribution in [3.63, 3.8) is 0 Å². The van der Waals surface area contributed by atoms with Gasteiger partial charge in [0.25, 0.3) is 11.8 Å². The molecule has 1 unspecified atom stereocenters. The second-order valence-corrected chi connectivity index (χ2v) is 7.25. The molecule has 2 aromatic carbocycles. The van der Waals surface area contributed by atoms with Crippen molar-refractivity contribution in [1.29, 1.82) is 0 Å². The third-order valence-electron chi connectivity index (χ3n) is 5.43. The average Bonchev–Trinajstić information content (AvgIpc) is 2.59. The summed E-state index contributed by atoms with van der Waals surface area (Å²) in [6.45, 7) is 3.58. The molecule has 0 aromatic heterocycles. The number of likely N-dealkylation sites (tertiary alicyclic amines) is 1. The Labute approximate surface area is 157 Å². The molecule has 0 radical (unpaired) electrons. The monoisotopic (exact) mass is 366 g/mol. The largest absolute Gasteiger partial charge is 0.508 e. The summed E-state index contributed by atoms with van der Waals surface area (Å²) >= 11 is 0. The average molecular weight is 366 g/mol. The fourth-order valence-corrected chi connectivity index (χ4v) is 3.73. The van der Waals surface area contributed by atoms with Crippen molar-refractivity contribution in [3.05, 3.63) is 53.1 Å². The standard InChI is InChI=1S/C21H22N2O4/c1-13-3-4-14-11-15(20(26)22-9-2-10-22)5-8-18(14)23(13)21(27)17-7-6-16(24)12-19(17)25/h5-8,11-13,24-25H,2-4,9-10H2,1H3. The van der Waals surface area contributed by atoms with E-state index in [1.54, 1.807) is 11.0 Å². The lowest BCUT2D eigenvalue weighted by Crippen LogP contribution is -2.43. The second kappa shape index (κ2) is 6.61. The number of hydrogen-bond acceptors (Lipinski definition) is 4. The van der Waals surface area contributed by atoms with Gasteiger partial charge in [0.2, 0.25) is 0 Å². The molecule has 2 aliphatic heterocycles. The van der Waals surface area contributed by atoms with Crippen LogP contribution in [0, 0.1) is 0 Å². The molecule has 0 bridgehead atoms. The minimum Gasteiger partial charge on any atom is -0.508 e. The summed E-state index contributed by atoms with van der Waals surface area (Å²) < 4.78 is 0. The first-order valence-corrected chi connectivity index (χ1v) is 9.23. The maximum Gasteiger partial charge on any atom is 0.262 e. The van der Waals surface area contributed by atoms with Gasteiger partial charge >= 0.3 is 0 Å². The van der Waals surface area contributed by atoms with Crippen LogP contribution in [0.5, 0.6) is 11.5 Å². The summed E-state index contributed by atoms with van der Waals surface area (Å²) in [5, 5.41) is 19.6. The van der Waals surface area contributed by atoms with Crippen LogP contribution in [0.25, 0.3) is 0 Å². The van der Waals surface area contributed by atoms with Gasteiger partial charge in [-0.2, -0.15) is 0 Å². The third kappa shape index (κ3) is 3.01. The molecular weight excluding hydrogens is 344 g/mol. The Morgan fingerprint density at radius 1 is 1.04 bits per heavy atom. The number of hydrogen-bond donors (Lipinski definition) is 2. The molecule has 4 rings (SSSR count). The van der Waals surface area contributed by atoms with Gasteiger partial charge in [0.15, 0.2) is 0 Å². The summed E-state index contributed by atoms with van der Waals surface area (Å²) in [6, 6.07) is 9.43. The quantitative estimate of drug-likeness (QED) is 0.856. The molecule has 2 aliphatic rings. The van der Waals surface area contributed by atoms with Gasteiger partial charge in [-0.1, -0.05) is 0 Å². The van der Waals surface area contributed by atoms with Gasteiger partial charge in [0.05, 0.1) is 5.56 Å². The molecule has 2 amide bonds. The Morgan fingerprint density at radius 3 is 2.48 bits per heavy atom. The van der Waals surface area contributed by atoms with E-state index in [0.29, 0.717) is 5.56 Å². The molecule has 1 fully saturated rings. The molecule has 0 aliphatic carbocycles. The van der Waals surface area contributed by atoms with Gasteiger partial charge in [-0.05, 0) is 62.1 Å². The lowest BCUT2D eigenvalue weighted by atomic mass is 9.93. The summed E-state index contributed by atoms with van der Waals surface area (Å²) in [5.74, 6) is -0.617. The Kier molecular flexibility index (Phi) is 4.26. The molecule has 2 N–H and O–H groups in total. The van der Waals surface area contributed by atoms with E-state index in [0.717, 1.165) is 49.7 Å². The van der Waals surface area contributed by atoms with Crippen LogP contribution in [-0.2, 0) is 6.42 Å². The molecule has 27 heavy (non-hydrogen) atoms. The van der Waals surface area contributed by atoms with Crippen molar-refractivity contribution in [2.75, 3.05) is 18.0 Å². The Balaban J connectivity index is 1.68. The zero-order chi connectivity index (χ0) is 19.1. The highest BCUT2D eigenvalue weighted by molar-refractivity contribution is 6.09. The number of fused-ring (bicyclic) bond motifs is 1. The van der Waals surface area contributed by atoms with Crippen molar-refractivity contribution in [2.24, 2.45) is 0 Å². The van der Waals surface area contributed by atoms with Crippen molar-refractivity contribution in [2.45, 2.75) is 32.2 Å². The smallest absolute Gasteiger partial charge is 0.262 e. The lowest BCUT2D eigenvalue weighted by molar-refractivity contribution is 0.0651. The Hall–Kier alpha value is -3.02. The molecule has 2 aromatic rings. The van der Waals surface area contributed by atoms with Gasteiger partial charge in [-0.25, -0.2) is 0 Å². The van der Waals surface area contributed by atoms with E-state index in [1.165, 1.54) is 12.1 Å². The van der Waals surface area contributed by atoms with E-state index in [9.17, 15) is 19.8 Å². The van der Waals surface area contributed by atoms with E-state index in [1.807, 2.05) is 24.0 Å². The first-order valence-electron chi connectivity index (χ1n) is 9.23. The van der Waals surface area contributed by atoms with E-state index in [4.69, 9.17) is 0 Å². The first kappa shape index (κ1) is 17.4. The summed E-state index contributed by atoms with van der Waals surface area (Å²) in [7, 11) is 0. The molecule has 140 valence electrons. The van der Waals surface area contributed by atoms with E-state index in [2.05, 4.69) is 0 Å². The zero-order valence-electron chi connectivity index (χ0n) is 15.2. The van der Waals surface area contributed by atoms with Crippen LogP contribution in [0.2, 0.25) is 0 Å². The molecule has 1 atom stereocenters.